The molecule has 0 aromatic rings. The fraction of sp³-hybridized carbons (Fsp3) is 0.806. The number of carbonyl (C=O) groups excluding carboxylic acids is 4. The van der Waals surface area contributed by atoms with Gasteiger partial charge < -0.3 is 49.7 Å². The Morgan fingerprint density at radius 1 is 0.533 bits per heavy atom. The number of carbonyl (C=O) groups is 4. The maximum absolute atomic E-state index is 12.5. The van der Waals surface area contributed by atoms with Crippen molar-refractivity contribution in [2.45, 2.75) is 236 Å². The molecule has 2 radical (unpaired) electrons. The van der Waals surface area contributed by atoms with Gasteiger partial charge in [0.05, 0.1) is 36.4 Å². The van der Waals surface area contributed by atoms with Crippen molar-refractivity contribution in [1.29, 1.82) is 0 Å². The van der Waals surface area contributed by atoms with E-state index in [2.05, 4.69) is 55.4 Å². The van der Waals surface area contributed by atoms with E-state index in [0.717, 1.165) is 62.5 Å². The standard InChI is InChI=1S/2C31H48O6.Pb/c2*1-17(2)9-8-10-20(28(35)36)26-22-15-24(34)27-29(5)13-12-23(33)18(3)21(29)11-14-30(27,6)31(22,7)16-25(26)37-19(4)32;/h2*9,18,21-25,27,33-34H,8,10-16H2,1-7H3,(H,35,36);/q;;+2/p-2/t2*18-,21?,22+,23+,24+,25-,27?,29-,30-,31-;/m00./s1. The first-order valence-corrected chi connectivity index (χ1v) is 28.6. The van der Waals surface area contributed by atoms with Crippen molar-refractivity contribution in [1.82, 2.24) is 0 Å². The number of rotatable bonds is 10. The first-order valence-electron chi connectivity index (χ1n) is 28.6. The zero-order chi connectivity index (χ0) is 55.0. The van der Waals surface area contributed by atoms with Gasteiger partial charge in [0.25, 0.3) is 0 Å². The quantitative estimate of drug-likeness (QED) is 0.0704. The molecule has 0 aromatic heterocycles. The molecule has 8 aliphatic carbocycles. The van der Waals surface area contributed by atoms with Crippen LogP contribution < -0.4 is 10.2 Å². The van der Waals surface area contributed by atoms with Crippen molar-refractivity contribution in [3.63, 3.8) is 0 Å². The van der Waals surface area contributed by atoms with E-state index in [1.807, 2.05) is 39.8 Å². The molecule has 20 atom stereocenters. The number of aliphatic hydroxyl groups is 4. The Labute approximate surface area is 469 Å². The normalized spacial score (nSPS) is 45.6. The molecule has 0 amide bonds. The van der Waals surface area contributed by atoms with Crippen LogP contribution in [0.3, 0.4) is 0 Å². The van der Waals surface area contributed by atoms with E-state index < -0.39 is 48.3 Å². The maximum atomic E-state index is 12.5. The van der Waals surface area contributed by atoms with Crippen LogP contribution in [0, 0.1) is 79.8 Å². The fourth-order valence-electron chi connectivity index (χ4n) is 19.6. The molecule has 8 rings (SSSR count). The largest absolute Gasteiger partial charge is 2.00 e. The molecule has 75 heavy (non-hydrogen) atoms. The van der Waals surface area contributed by atoms with Crippen molar-refractivity contribution in [2.24, 2.45) is 79.8 Å². The van der Waals surface area contributed by atoms with Gasteiger partial charge in [-0.1, -0.05) is 78.7 Å². The first kappa shape index (κ1) is 61.8. The van der Waals surface area contributed by atoms with Crippen molar-refractivity contribution >= 4 is 51.2 Å². The smallest absolute Gasteiger partial charge is 0.545 e. The number of carboxylic acid groups (broad SMARTS) is 2. The van der Waals surface area contributed by atoms with E-state index in [1.54, 1.807) is 0 Å². The van der Waals surface area contributed by atoms with Crippen LogP contribution in [0.2, 0.25) is 0 Å². The van der Waals surface area contributed by atoms with Crippen LogP contribution in [0.1, 0.15) is 200 Å². The van der Waals surface area contributed by atoms with Gasteiger partial charge in [0.15, 0.2) is 0 Å². The van der Waals surface area contributed by atoms with Gasteiger partial charge in [-0.05, 0) is 233 Å². The molecule has 0 bridgehead atoms. The van der Waals surface area contributed by atoms with E-state index in [9.17, 15) is 49.8 Å². The summed E-state index contributed by atoms with van der Waals surface area (Å²) >= 11 is 0. The molecule has 4 N–H and O–H groups in total. The zero-order valence-electron chi connectivity index (χ0n) is 48.1. The third kappa shape index (κ3) is 10.5. The molecule has 0 aromatic carbocycles. The number of aliphatic hydroxyl groups excluding tert-OH is 4. The topological polar surface area (TPSA) is 214 Å². The van der Waals surface area contributed by atoms with Gasteiger partial charge in [-0.3, -0.25) is 9.59 Å². The number of ether oxygens (including phenoxy) is 2. The van der Waals surface area contributed by atoms with Crippen LogP contribution >= 0.6 is 0 Å². The van der Waals surface area contributed by atoms with Gasteiger partial charge in [-0.2, -0.15) is 0 Å². The summed E-state index contributed by atoms with van der Waals surface area (Å²) in [5.74, 6) is -2.51. The van der Waals surface area contributed by atoms with Gasteiger partial charge in [0, 0.05) is 13.8 Å². The third-order valence-electron chi connectivity index (χ3n) is 23.1. The number of carboxylic acids is 2. The maximum Gasteiger partial charge on any atom is 2.00 e. The van der Waals surface area contributed by atoms with Gasteiger partial charge >= 0.3 is 39.2 Å². The molecule has 0 spiro atoms. The number of hydrogen-bond donors (Lipinski definition) is 4. The molecule has 8 aliphatic rings. The van der Waals surface area contributed by atoms with Crippen molar-refractivity contribution in [3.8, 4) is 0 Å². The Morgan fingerprint density at radius 2 is 0.867 bits per heavy atom. The predicted octanol–water partition coefficient (Wildman–Crippen LogP) is 8.28. The summed E-state index contributed by atoms with van der Waals surface area (Å²) in [7, 11) is 0. The summed E-state index contributed by atoms with van der Waals surface area (Å²) in [6.07, 6.45) is 11.8. The van der Waals surface area contributed by atoms with E-state index in [-0.39, 0.29) is 119 Å². The average molecular weight is 1240 g/mol. The second-order valence-corrected chi connectivity index (χ2v) is 27.3. The van der Waals surface area contributed by atoms with E-state index in [1.165, 1.54) is 13.8 Å². The Balaban J connectivity index is 0.000000241. The van der Waals surface area contributed by atoms with Crippen LogP contribution in [0.5, 0.6) is 0 Å². The molecule has 0 saturated heterocycles. The minimum atomic E-state index is -1.20. The zero-order valence-corrected chi connectivity index (χ0v) is 52.0. The predicted molar refractivity (Wildman–Crippen MR) is 286 cm³/mol. The number of fused-ring (bicyclic) bond motifs is 10. The number of esters is 2. The van der Waals surface area contributed by atoms with Crippen molar-refractivity contribution in [3.05, 3.63) is 45.6 Å². The molecule has 8 fully saturated rings. The molecular formula is C62H94O12Pb. The first-order chi connectivity index (χ1) is 34.3. The second kappa shape index (κ2) is 22.6. The molecule has 0 aliphatic heterocycles. The van der Waals surface area contributed by atoms with Crippen molar-refractivity contribution in [2.75, 3.05) is 0 Å². The number of aliphatic carboxylic acids is 2. The summed E-state index contributed by atoms with van der Waals surface area (Å²) in [5.41, 5.74) is 2.63. The van der Waals surface area contributed by atoms with Gasteiger partial charge in [0.2, 0.25) is 0 Å². The van der Waals surface area contributed by atoms with Gasteiger partial charge in [-0.25, -0.2) is 0 Å². The molecular weight excluding hydrogens is 1140 g/mol. The Hall–Kier alpha value is -2.40. The SMILES string of the molecule is CC(=O)O[C@H]1C[C@@]2(C)[C@H](C[C@@H](O)C3[C@@]4(C)CC[C@@H](O)[C@@H](C)C4CC[C@@]32C)C1=C(CCC=C(C)C)C(=O)[O-].CC(=O)O[C@H]1C[C@@]2(C)[C@H](C[C@@H](O)C3[C@@]4(C)CC[C@@H](O)[C@@H](C)C4CC[C@@]32C)C1=C(CCC=C(C)C)C(=O)[O-].[Pb+2]. The monoisotopic (exact) mass is 1240 g/mol. The fourth-order valence-corrected chi connectivity index (χ4v) is 19.6. The van der Waals surface area contributed by atoms with E-state index in [4.69, 9.17) is 9.47 Å². The second-order valence-electron chi connectivity index (χ2n) is 27.3. The number of hydrogen-bond acceptors (Lipinski definition) is 12. The Morgan fingerprint density at radius 3 is 1.16 bits per heavy atom. The van der Waals surface area contributed by atoms with Crippen LogP contribution in [0.4, 0.5) is 0 Å². The summed E-state index contributed by atoms with van der Waals surface area (Å²) in [6, 6.07) is 0. The molecule has 418 valence electrons. The minimum absolute atomic E-state index is 0. The van der Waals surface area contributed by atoms with Crippen LogP contribution in [0.25, 0.3) is 0 Å². The van der Waals surface area contributed by atoms with Crippen LogP contribution in [-0.2, 0) is 28.7 Å². The molecule has 13 heteroatoms. The Bertz CT molecular complexity index is 2150. The van der Waals surface area contributed by atoms with Crippen LogP contribution in [-0.4, -0.2) is 108 Å². The molecule has 4 unspecified atom stereocenters. The van der Waals surface area contributed by atoms with E-state index >= 15 is 0 Å². The minimum Gasteiger partial charge on any atom is -0.545 e. The summed E-state index contributed by atoms with van der Waals surface area (Å²) < 4.78 is 11.7. The third-order valence-corrected chi connectivity index (χ3v) is 23.1. The molecule has 12 nitrogen and oxygen atoms in total. The van der Waals surface area contributed by atoms with Crippen LogP contribution in [0.15, 0.2) is 45.6 Å². The van der Waals surface area contributed by atoms with Gasteiger partial charge in [-0.15, -0.1) is 0 Å². The number of allylic oxidation sites excluding steroid dienone is 4. The Kier molecular flexibility index (Phi) is 18.6. The van der Waals surface area contributed by atoms with E-state index in [0.29, 0.717) is 74.3 Å². The molecule has 8 saturated carbocycles. The molecule has 0 heterocycles. The average Bonchev–Trinajstić information content (AvgIpc) is 3.72. The van der Waals surface area contributed by atoms with Gasteiger partial charge in [0.1, 0.15) is 12.2 Å². The van der Waals surface area contributed by atoms with Crippen molar-refractivity contribution < 1.29 is 59.3 Å². The summed E-state index contributed by atoms with van der Waals surface area (Å²) in [6.45, 7) is 28.7. The summed E-state index contributed by atoms with van der Waals surface area (Å²) in [5, 5.41) is 70.1. The summed E-state index contributed by atoms with van der Waals surface area (Å²) in [4.78, 5) is 49.4.